The summed E-state index contributed by atoms with van der Waals surface area (Å²) < 4.78 is 0. The number of rotatable bonds is 0. The Morgan fingerprint density at radius 2 is 0.750 bits per heavy atom. The van der Waals surface area contributed by atoms with E-state index in [1.165, 1.54) is 0 Å². The van der Waals surface area contributed by atoms with Gasteiger partial charge in [0.25, 0.3) is 0 Å². The first kappa shape index (κ1) is 18.9. The van der Waals surface area contributed by atoms with E-state index in [0.29, 0.717) is 0 Å². The van der Waals surface area contributed by atoms with E-state index in [4.69, 9.17) is 10.5 Å². The Kier molecular flexibility index (Phi) is 139. The monoisotopic (exact) mass is 420 g/mol. The molecule has 0 atom stereocenters. The van der Waals surface area contributed by atoms with Crippen LogP contribution in [0.5, 0.6) is 0 Å². The van der Waals surface area contributed by atoms with Crippen LogP contribution in [0.3, 0.4) is 0 Å². The van der Waals surface area contributed by atoms with Crippen molar-refractivity contribution in [3.05, 3.63) is 0 Å². The summed E-state index contributed by atoms with van der Waals surface area (Å²) in [5.41, 5.74) is 0. The fraction of sp³-hybridized carbons (Fsp3) is 0. The van der Waals surface area contributed by atoms with E-state index in [0.717, 1.165) is 0 Å². The topological polar surface area (TPSA) is 40.5 Å². The maximum absolute atomic E-state index is 6.00. The van der Waals surface area contributed by atoms with Gasteiger partial charge >= 0.3 is 0 Å². The van der Waals surface area contributed by atoms with Crippen LogP contribution < -0.4 is 0 Å². The molecule has 0 bridgehead atoms. The molecule has 0 saturated heterocycles. The quantitative estimate of drug-likeness (QED) is 0.430. The molecule has 2 radical (unpaired) electrons. The molecule has 0 saturated carbocycles. The standard InChI is InChI=1S/2Ir.H2O2/c;;1-2/h;;1-2H. The van der Waals surface area contributed by atoms with Crippen molar-refractivity contribution in [3.63, 3.8) is 0 Å². The maximum atomic E-state index is 6.00. The van der Waals surface area contributed by atoms with Gasteiger partial charge in [-0.15, -0.1) is 0 Å². The molecular formula is H2Ir2O2. The predicted molar refractivity (Wildman–Crippen MR) is 5.26 cm³/mol. The molecule has 0 heterocycles. The van der Waals surface area contributed by atoms with Crippen LogP contribution in [0.2, 0.25) is 0 Å². The van der Waals surface area contributed by atoms with Crippen molar-refractivity contribution in [1.82, 2.24) is 0 Å². The second-order valence-electron chi connectivity index (χ2n) is 0. The van der Waals surface area contributed by atoms with Crippen molar-refractivity contribution in [2.24, 2.45) is 0 Å². The molecule has 2 N–H and O–H groups in total. The van der Waals surface area contributed by atoms with E-state index in [9.17, 15) is 0 Å². The molecule has 0 aliphatic carbocycles. The van der Waals surface area contributed by atoms with Gasteiger partial charge < -0.3 is 0 Å². The van der Waals surface area contributed by atoms with E-state index >= 15 is 0 Å². The Morgan fingerprint density at radius 3 is 0.750 bits per heavy atom. The fourth-order valence-electron chi connectivity index (χ4n) is 0. The molecular weight excluding hydrogens is 416 g/mol. The summed E-state index contributed by atoms with van der Waals surface area (Å²) in [5, 5.41) is 12.0. The number of hydrogen-bond acceptors (Lipinski definition) is 2. The van der Waals surface area contributed by atoms with Gasteiger partial charge in [0.1, 0.15) is 0 Å². The van der Waals surface area contributed by atoms with Crippen molar-refractivity contribution >= 4 is 0 Å². The average molecular weight is 418 g/mol. The van der Waals surface area contributed by atoms with Crippen LogP contribution >= 0.6 is 0 Å². The average Bonchev–Trinajstić information content (AvgIpc) is 1.00. The molecule has 0 aliphatic heterocycles. The minimum absolute atomic E-state index is 0. The first-order valence-electron chi connectivity index (χ1n) is 0.200. The first-order chi connectivity index (χ1) is 1.00. The Bertz CT molecular complexity index is 4.00. The van der Waals surface area contributed by atoms with Crippen molar-refractivity contribution < 1.29 is 50.7 Å². The van der Waals surface area contributed by atoms with Crippen LogP contribution in [0.4, 0.5) is 0 Å². The van der Waals surface area contributed by atoms with Gasteiger partial charge in [0, 0.05) is 40.2 Å². The Balaban J connectivity index is -0.00000000500. The summed E-state index contributed by atoms with van der Waals surface area (Å²) in [6.45, 7) is 0. The molecule has 0 aromatic heterocycles. The summed E-state index contributed by atoms with van der Waals surface area (Å²) in [5.74, 6) is 0. The van der Waals surface area contributed by atoms with Crippen LogP contribution in [0.15, 0.2) is 0 Å². The Morgan fingerprint density at radius 1 is 0.750 bits per heavy atom. The van der Waals surface area contributed by atoms with Crippen molar-refractivity contribution in [1.29, 1.82) is 0 Å². The molecule has 0 aromatic rings. The molecule has 0 spiro atoms. The molecule has 32 valence electrons. The van der Waals surface area contributed by atoms with Crippen LogP contribution in [0.25, 0.3) is 0 Å². The minimum Gasteiger partial charge on any atom is -0.255 e. The van der Waals surface area contributed by atoms with Gasteiger partial charge in [-0.1, -0.05) is 0 Å². The van der Waals surface area contributed by atoms with Gasteiger partial charge in [0.05, 0.1) is 0 Å². The summed E-state index contributed by atoms with van der Waals surface area (Å²) in [6, 6.07) is 0. The van der Waals surface area contributed by atoms with Crippen molar-refractivity contribution in [2.75, 3.05) is 0 Å². The van der Waals surface area contributed by atoms with E-state index in [2.05, 4.69) is 0 Å². The zero-order valence-corrected chi connectivity index (χ0v) is 6.35. The summed E-state index contributed by atoms with van der Waals surface area (Å²) in [6.07, 6.45) is 0. The van der Waals surface area contributed by atoms with Gasteiger partial charge in [-0.05, 0) is 0 Å². The van der Waals surface area contributed by atoms with Gasteiger partial charge in [0.15, 0.2) is 0 Å². The van der Waals surface area contributed by atoms with Crippen LogP contribution in [-0.4, -0.2) is 10.5 Å². The summed E-state index contributed by atoms with van der Waals surface area (Å²) in [4.78, 5) is 0. The van der Waals surface area contributed by atoms with Gasteiger partial charge in [-0.3, -0.25) is 10.5 Å². The minimum atomic E-state index is 0. The molecule has 0 rings (SSSR count). The molecule has 0 aliphatic rings. The number of hydrogen-bond donors (Lipinski definition) is 2. The Hall–Kier alpha value is 1.22. The maximum Gasteiger partial charge on any atom is 0 e. The van der Waals surface area contributed by atoms with Crippen molar-refractivity contribution in [2.45, 2.75) is 0 Å². The largest absolute Gasteiger partial charge is 0.255 e. The van der Waals surface area contributed by atoms with Gasteiger partial charge in [-0.2, -0.15) is 0 Å². The zero-order valence-electron chi connectivity index (χ0n) is 1.56. The third-order valence-corrected chi connectivity index (χ3v) is 0. The first-order valence-corrected chi connectivity index (χ1v) is 0.200. The van der Waals surface area contributed by atoms with E-state index in [-0.39, 0.29) is 40.2 Å². The van der Waals surface area contributed by atoms with Crippen LogP contribution in [0, 0.1) is 0 Å². The zero-order chi connectivity index (χ0) is 2.00. The van der Waals surface area contributed by atoms with Crippen LogP contribution in [-0.2, 0) is 40.2 Å². The van der Waals surface area contributed by atoms with Gasteiger partial charge in [0.2, 0.25) is 0 Å². The normalized spacial score (nSPS) is 1.50. The summed E-state index contributed by atoms with van der Waals surface area (Å²) in [7, 11) is 0. The fourth-order valence-corrected chi connectivity index (χ4v) is 0. The SMILES string of the molecule is OO.[Ir].[Ir]. The molecule has 4 heavy (non-hydrogen) atoms. The van der Waals surface area contributed by atoms with E-state index in [1.54, 1.807) is 0 Å². The second-order valence-corrected chi connectivity index (χ2v) is 0. The van der Waals surface area contributed by atoms with Crippen LogP contribution in [0.1, 0.15) is 0 Å². The predicted octanol–water partition coefficient (Wildman–Crippen LogP) is 0.0124. The van der Waals surface area contributed by atoms with Gasteiger partial charge in [-0.25, -0.2) is 0 Å². The van der Waals surface area contributed by atoms with Crippen molar-refractivity contribution in [3.8, 4) is 0 Å². The molecule has 0 aromatic carbocycles. The molecule has 4 heteroatoms. The smallest absolute Gasteiger partial charge is 0 e. The van der Waals surface area contributed by atoms with E-state index in [1.807, 2.05) is 0 Å². The molecule has 0 fully saturated rings. The third kappa shape index (κ3) is 10.7. The molecule has 2 nitrogen and oxygen atoms in total. The summed E-state index contributed by atoms with van der Waals surface area (Å²) >= 11 is 0. The van der Waals surface area contributed by atoms with E-state index < -0.39 is 0 Å². The molecule has 0 unspecified atom stereocenters. The molecule has 0 amide bonds. The second kappa shape index (κ2) is 29.4. The third-order valence-electron chi connectivity index (χ3n) is 0. The Labute approximate surface area is 50.8 Å².